The standard InChI is InChI=1S/C23H21FN4O3/c24-17-7-5-15(6-8-17)20-25-26-21(31-20)16-9-11-27(12-10-16)13-14-28-22(29)18-3-1-2-4-19(18)23(28)30/h1-8,16H,9-14H2. The van der Waals surface area contributed by atoms with Gasteiger partial charge in [-0.25, -0.2) is 4.39 Å². The summed E-state index contributed by atoms with van der Waals surface area (Å²) < 4.78 is 18.9. The van der Waals surface area contributed by atoms with Gasteiger partial charge in [-0.3, -0.25) is 14.5 Å². The molecule has 0 N–H and O–H groups in total. The summed E-state index contributed by atoms with van der Waals surface area (Å²) in [6, 6.07) is 12.9. The second kappa shape index (κ2) is 8.03. The second-order valence-corrected chi connectivity index (χ2v) is 7.88. The van der Waals surface area contributed by atoms with Gasteiger partial charge in [0.2, 0.25) is 11.8 Å². The minimum Gasteiger partial charge on any atom is -0.420 e. The van der Waals surface area contributed by atoms with Crippen molar-refractivity contribution in [2.45, 2.75) is 18.8 Å². The predicted molar refractivity (Wildman–Crippen MR) is 110 cm³/mol. The van der Waals surface area contributed by atoms with Gasteiger partial charge in [0.05, 0.1) is 11.1 Å². The monoisotopic (exact) mass is 420 g/mol. The van der Waals surface area contributed by atoms with Crippen LogP contribution in [0.2, 0.25) is 0 Å². The molecule has 8 heteroatoms. The lowest BCUT2D eigenvalue weighted by Gasteiger charge is -2.31. The van der Waals surface area contributed by atoms with E-state index in [-0.39, 0.29) is 23.5 Å². The van der Waals surface area contributed by atoms with Crippen LogP contribution < -0.4 is 0 Å². The molecule has 1 aromatic heterocycles. The predicted octanol–water partition coefficient (Wildman–Crippen LogP) is 3.35. The van der Waals surface area contributed by atoms with Gasteiger partial charge in [0, 0.05) is 24.6 Å². The fourth-order valence-electron chi connectivity index (χ4n) is 4.20. The number of halogens is 1. The fourth-order valence-corrected chi connectivity index (χ4v) is 4.20. The maximum absolute atomic E-state index is 13.1. The summed E-state index contributed by atoms with van der Waals surface area (Å²) >= 11 is 0. The number of nitrogens with zero attached hydrogens (tertiary/aromatic N) is 4. The summed E-state index contributed by atoms with van der Waals surface area (Å²) in [7, 11) is 0. The number of aromatic nitrogens is 2. The molecule has 0 aliphatic carbocycles. The lowest BCUT2D eigenvalue weighted by atomic mass is 9.97. The molecular weight excluding hydrogens is 399 g/mol. The van der Waals surface area contributed by atoms with Crippen LogP contribution in [0.3, 0.4) is 0 Å². The van der Waals surface area contributed by atoms with Crippen molar-refractivity contribution in [1.82, 2.24) is 20.0 Å². The number of hydrogen-bond donors (Lipinski definition) is 0. The Hall–Kier alpha value is -3.39. The molecule has 0 saturated carbocycles. The lowest BCUT2D eigenvalue weighted by Crippen LogP contribution is -2.41. The third-order valence-electron chi connectivity index (χ3n) is 5.99. The van der Waals surface area contributed by atoms with Crippen molar-refractivity contribution in [1.29, 1.82) is 0 Å². The van der Waals surface area contributed by atoms with Gasteiger partial charge in [0.25, 0.3) is 11.8 Å². The third kappa shape index (κ3) is 3.74. The average Bonchev–Trinajstić information content (AvgIpc) is 3.38. The van der Waals surface area contributed by atoms with Crippen LogP contribution >= 0.6 is 0 Å². The molecule has 31 heavy (non-hydrogen) atoms. The first-order valence-electron chi connectivity index (χ1n) is 10.4. The molecule has 1 fully saturated rings. The summed E-state index contributed by atoms with van der Waals surface area (Å²) in [4.78, 5) is 28.6. The van der Waals surface area contributed by atoms with E-state index in [4.69, 9.17) is 4.42 Å². The van der Waals surface area contributed by atoms with E-state index in [1.54, 1.807) is 36.4 Å². The Morgan fingerprint density at radius 3 is 2.19 bits per heavy atom. The number of amides is 2. The summed E-state index contributed by atoms with van der Waals surface area (Å²) in [6.07, 6.45) is 1.71. The van der Waals surface area contributed by atoms with Gasteiger partial charge in [0.15, 0.2) is 0 Å². The molecule has 158 valence electrons. The zero-order valence-electron chi connectivity index (χ0n) is 16.8. The Kier molecular flexibility index (Phi) is 5.07. The van der Waals surface area contributed by atoms with E-state index in [1.807, 2.05) is 0 Å². The van der Waals surface area contributed by atoms with Crippen LogP contribution in [0.1, 0.15) is 45.4 Å². The van der Waals surface area contributed by atoms with Gasteiger partial charge < -0.3 is 9.32 Å². The Labute approximate surface area is 178 Å². The van der Waals surface area contributed by atoms with Gasteiger partial charge in [-0.1, -0.05) is 12.1 Å². The van der Waals surface area contributed by atoms with E-state index in [0.29, 0.717) is 41.6 Å². The minimum absolute atomic E-state index is 0.164. The molecule has 0 spiro atoms. The first-order chi connectivity index (χ1) is 15.1. The van der Waals surface area contributed by atoms with Crippen molar-refractivity contribution < 1.29 is 18.4 Å². The Morgan fingerprint density at radius 1 is 0.903 bits per heavy atom. The molecule has 2 amide bonds. The number of carbonyl (C=O) groups excluding carboxylic acids is 2. The highest BCUT2D eigenvalue weighted by atomic mass is 19.1. The van der Waals surface area contributed by atoms with Crippen molar-refractivity contribution in [3.05, 3.63) is 71.4 Å². The summed E-state index contributed by atoms with van der Waals surface area (Å²) in [6.45, 7) is 2.67. The van der Waals surface area contributed by atoms with E-state index in [1.165, 1.54) is 17.0 Å². The van der Waals surface area contributed by atoms with Crippen molar-refractivity contribution in [3.63, 3.8) is 0 Å². The maximum atomic E-state index is 13.1. The van der Waals surface area contributed by atoms with E-state index in [9.17, 15) is 14.0 Å². The highest BCUT2D eigenvalue weighted by molar-refractivity contribution is 6.21. The topological polar surface area (TPSA) is 79.5 Å². The highest BCUT2D eigenvalue weighted by Crippen LogP contribution is 2.29. The molecule has 2 aliphatic rings. The van der Waals surface area contributed by atoms with Crippen molar-refractivity contribution in [2.75, 3.05) is 26.2 Å². The molecule has 0 radical (unpaired) electrons. The Bertz CT molecular complexity index is 1080. The van der Waals surface area contributed by atoms with Crippen molar-refractivity contribution in [2.24, 2.45) is 0 Å². The quantitative estimate of drug-likeness (QED) is 0.589. The Balaban J connectivity index is 1.15. The lowest BCUT2D eigenvalue weighted by molar-refractivity contribution is 0.0629. The smallest absolute Gasteiger partial charge is 0.261 e. The average molecular weight is 420 g/mol. The molecule has 5 rings (SSSR count). The number of carbonyl (C=O) groups is 2. The van der Waals surface area contributed by atoms with Crippen LogP contribution in [-0.2, 0) is 0 Å². The van der Waals surface area contributed by atoms with Gasteiger partial charge in [-0.15, -0.1) is 10.2 Å². The van der Waals surface area contributed by atoms with Crippen LogP contribution in [0, 0.1) is 5.82 Å². The van der Waals surface area contributed by atoms with Gasteiger partial charge in [-0.05, 0) is 62.3 Å². The maximum Gasteiger partial charge on any atom is 0.261 e. The molecule has 1 saturated heterocycles. The number of hydrogen-bond acceptors (Lipinski definition) is 6. The molecule has 2 aliphatic heterocycles. The van der Waals surface area contributed by atoms with Gasteiger partial charge in [0.1, 0.15) is 5.82 Å². The van der Waals surface area contributed by atoms with Crippen LogP contribution in [0.5, 0.6) is 0 Å². The number of likely N-dealkylation sites (tertiary alicyclic amines) is 1. The number of piperidine rings is 1. The van der Waals surface area contributed by atoms with Crippen LogP contribution in [0.25, 0.3) is 11.5 Å². The Morgan fingerprint density at radius 2 is 1.55 bits per heavy atom. The molecule has 7 nitrogen and oxygen atoms in total. The zero-order valence-corrected chi connectivity index (χ0v) is 16.8. The number of benzene rings is 2. The molecule has 0 bridgehead atoms. The number of fused-ring (bicyclic) bond motifs is 1. The van der Waals surface area contributed by atoms with Gasteiger partial charge >= 0.3 is 0 Å². The van der Waals surface area contributed by atoms with E-state index in [2.05, 4.69) is 15.1 Å². The molecule has 2 aromatic carbocycles. The first kappa shape index (κ1) is 19.6. The van der Waals surface area contributed by atoms with Crippen molar-refractivity contribution in [3.8, 4) is 11.5 Å². The molecule has 0 unspecified atom stereocenters. The molecule has 0 atom stereocenters. The van der Waals surface area contributed by atoms with E-state index in [0.717, 1.165) is 25.9 Å². The largest absolute Gasteiger partial charge is 0.420 e. The van der Waals surface area contributed by atoms with Gasteiger partial charge in [-0.2, -0.15) is 0 Å². The second-order valence-electron chi connectivity index (χ2n) is 7.88. The summed E-state index contributed by atoms with van der Waals surface area (Å²) in [5.41, 5.74) is 1.66. The molecule has 3 aromatic rings. The summed E-state index contributed by atoms with van der Waals surface area (Å²) in [5.74, 6) is 0.418. The van der Waals surface area contributed by atoms with Crippen LogP contribution in [0.4, 0.5) is 4.39 Å². The normalized spacial score (nSPS) is 17.4. The summed E-state index contributed by atoms with van der Waals surface area (Å²) in [5, 5.41) is 8.29. The van der Waals surface area contributed by atoms with Crippen LogP contribution in [-0.4, -0.2) is 58.0 Å². The fraction of sp³-hybridized carbons (Fsp3) is 0.304. The zero-order chi connectivity index (χ0) is 21.4. The number of rotatable bonds is 5. The first-order valence-corrected chi connectivity index (χ1v) is 10.4. The SMILES string of the molecule is O=C1c2ccccc2C(=O)N1CCN1CCC(c2nnc(-c3ccc(F)cc3)o2)CC1. The minimum atomic E-state index is -0.308. The van der Waals surface area contributed by atoms with Crippen LogP contribution in [0.15, 0.2) is 52.9 Å². The van der Waals surface area contributed by atoms with E-state index < -0.39 is 0 Å². The molecular formula is C23H21FN4O3. The number of imide groups is 1. The molecule has 3 heterocycles. The van der Waals surface area contributed by atoms with E-state index >= 15 is 0 Å². The third-order valence-corrected chi connectivity index (χ3v) is 5.99. The van der Waals surface area contributed by atoms with Crippen molar-refractivity contribution >= 4 is 11.8 Å². The highest BCUT2D eigenvalue weighted by Gasteiger charge is 2.35.